The van der Waals surface area contributed by atoms with Crippen LogP contribution in [0.25, 0.3) is 11.2 Å². The lowest BCUT2D eigenvalue weighted by Gasteiger charge is -2.22. The van der Waals surface area contributed by atoms with Crippen LogP contribution < -0.4 is 16.0 Å². The van der Waals surface area contributed by atoms with Gasteiger partial charge in [0.25, 0.3) is 5.91 Å². The summed E-state index contributed by atoms with van der Waals surface area (Å²) in [5, 5.41) is 33.0. The van der Waals surface area contributed by atoms with E-state index >= 15 is 0 Å². The highest BCUT2D eigenvalue weighted by atomic mass is 16.5. The van der Waals surface area contributed by atoms with Crippen molar-refractivity contribution in [2.75, 3.05) is 25.6 Å². The number of ether oxygens (including phenoxy) is 1. The number of aliphatic hydroxyl groups excluding tert-OH is 2. The number of imidazole rings is 1. The minimum absolute atomic E-state index is 0.141. The maximum absolute atomic E-state index is 12.8. The van der Waals surface area contributed by atoms with Crippen molar-refractivity contribution < 1.29 is 30.6 Å². The lowest BCUT2D eigenvalue weighted by Crippen LogP contribution is -2.70. The van der Waals surface area contributed by atoms with Crippen molar-refractivity contribution >= 4 is 22.9 Å². The van der Waals surface area contributed by atoms with E-state index in [-0.39, 0.29) is 11.7 Å². The summed E-state index contributed by atoms with van der Waals surface area (Å²) in [6.45, 7) is -0.400. The molecular weight excluding hydrogens is 430 g/mol. The summed E-state index contributed by atoms with van der Waals surface area (Å²) >= 11 is 0. The van der Waals surface area contributed by atoms with E-state index in [1.807, 2.05) is 14.1 Å². The number of carbonyl (C=O) groups is 1. The van der Waals surface area contributed by atoms with Crippen LogP contribution in [0.4, 0.5) is 5.82 Å². The van der Waals surface area contributed by atoms with Crippen molar-refractivity contribution in [3.05, 3.63) is 42.5 Å². The minimum atomic E-state index is -1.16. The van der Waals surface area contributed by atoms with Crippen molar-refractivity contribution in [2.45, 2.75) is 36.9 Å². The van der Waals surface area contributed by atoms with Crippen molar-refractivity contribution in [2.24, 2.45) is 0 Å². The van der Waals surface area contributed by atoms with Gasteiger partial charge in [0, 0.05) is 20.5 Å². The predicted molar refractivity (Wildman–Crippen MR) is 117 cm³/mol. The van der Waals surface area contributed by atoms with E-state index in [2.05, 4.69) is 26.0 Å². The van der Waals surface area contributed by atoms with Gasteiger partial charge in [0.2, 0.25) is 0 Å². The minimum Gasteiger partial charge on any atom is -0.508 e. The molecule has 5 atom stereocenters. The van der Waals surface area contributed by atoms with Gasteiger partial charge in [0.1, 0.15) is 24.3 Å². The first kappa shape index (κ1) is 22.9. The summed E-state index contributed by atoms with van der Waals surface area (Å²) in [5.74, 6) is 0.369. The van der Waals surface area contributed by atoms with Gasteiger partial charge < -0.3 is 36.0 Å². The van der Waals surface area contributed by atoms with Gasteiger partial charge in [0.05, 0.1) is 19.0 Å². The number of anilines is 1. The summed E-state index contributed by atoms with van der Waals surface area (Å²) in [6.07, 6.45) is 0.330. The first-order valence-electron chi connectivity index (χ1n) is 10.5. The molecule has 176 valence electrons. The Balaban J connectivity index is 1.51. The number of nitrogens with one attached hydrogen (secondary N) is 1. The number of carbonyl (C=O) groups excluding carboxylic acids is 1. The van der Waals surface area contributed by atoms with E-state index < -0.39 is 37.1 Å². The number of phenolic OH excluding ortho intramolecular Hbond substituents is 1. The van der Waals surface area contributed by atoms with Gasteiger partial charge in [-0.1, -0.05) is 12.1 Å². The molecule has 7 N–H and O–H groups in total. The summed E-state index contributed by atoms with van der Waals surface area (Å²) in [6, 6.07) is 5.02. The lowest BCUT2D eigenvalue weighted by atomic mass is 10.0. The summed E-state index contributed by atoms with van der Waals surface area (Å²) in [4.78, 5) is 27.5. The highest BCUT2D eigenvalue weighted by molar-refractivity contribution is 5.83. The molecule has 0 spiro atoms. The monoisotopic (exact) mass is 458 g/mol. The third-order valence-electron chi connectivity index (χ3n) is 5.69. The number of hydrogen-bond acceptors (Lipinski definition) is 9. The predicted octanol–water partition coefficient (Wildman–Crippen LogP) is -1.81. The van der Waals surface area contributed by atoms with Crippen molar-refractivity contribution in [3.63, 3.8) is 0 Å². The van der Waals surface area contributed by atoms with E-state index in [1.54, 1.807) is 33.7 Å². The molecule has 3 heterocycles. The zero-order valence-corrected chi connectivity index (χ0v) is 18.4. The van der Waals surface area contributed by atoms with Crippen LogP contribution in [0.1, 0.15) is 11.8 Å². The average molecular weight is 458 g/mol. The Hall–Kier alpha value is -3.32. The van der Waals surface area contributed by atoms with E-state index in [0.29, 0.717) is 23.4 Å². The molecule has 0 bridgehead atoms. The fourth-order valence-corrected chi connectivity index (χ4v) is 3.95. The number of benzene rings is 1. The molecule has 0 radical (unpaired) electrons. The quantitative estimate of drug-likeness (QED) is 0.273. The molecule has 3 aromatic rings. The lowest BCUT2D eigenvalue weighted by molar-refractivity contribution is -0.403. The van der Waals surface area contributed by atoms with Crippen molar-refractivity contribution in [3.8, 4) is 5.75 Å². The number of aromatic nitrogens is 4. The molecule has 33 heavy (non-hydrogen) atoms. The first-order valence-corrected chi connectivity index (χ1v) is 10.5. The Morgan fingerprint density at radius 3 is 2.67 bits per heavy atom. The molecule has 1 aliphatic heterocycles. The Labute approximate surface area is 189 Å². The normalized spacial score (nSPS) is 23.5. The van der Waals surface area contributed by atoms with E-state index in [1.165, 1.54) is 12.7 Å². The average Bonchev–Trinajstić information content (AvgIpc) is 3.36. The number of phenols is 1. The van der Waals surface area contributed by atoms with Gasteiger partial charge in [-0.05, 0) is 17.7 Å². The molecule has 1 amide bonds. The zero-order valence-electron chi connectivity index (χ0n) is 18.4. The number of hydrogen-bond donors (Lipinski definition) is 5. The number of aromatic hydroxyl groups is 1. The van der Waals surface area contributed by atoms with E-state index in [0.717, 1.165) is 5.56 Å². The highest BCUT2D eigenvalue weighted by Gasteiger charge is 2.46. The van der Waals surface area contributed by atoms with Crippen molar-refractivity contribution in [1.82, 2.24) is 24.8 Å². The second-order valence-electron chi connectivity index (χ2n) is 8.26. The third kappa shape index (κ3) is 4.46. The number of rotatable bonds is 7. The summed E-state index contributed by atoms with van der Waals surface area (Å²) in [5.41, 5.74) is 5.75. The van der Waals surface area contributed by atoms with Gasteiger partial charge in [-0.25, -0.2) is 15.0 Å². The van der Waals surface area contributed by atoms with Gasteiger partial charge in [-0.15, -0.1) is 0 Å². The largest absolute Gasteiger partial charge is 0.508 e. The first-order chi connectivity index (χ1) is 15.8. The SMILES string of the molecule is CN(C)c1ncnc2c1ncn2[C@@H]1O[C@H](CO)[C@@H](NC(=O)[C@@H]([NH3+])Cc2ccc(O)cc2)[C@H]1O. The maximum atomic E-state index is 12.8. The van der Waals surface area contributed by atoms with Gasteiger partial charge in [-0.3, -0.25) is 9.36 Å². The van der Waals surface area contributed by atoms with Crippen LogP contribution in [0.5, 0.6) is 5.75 Å². The molecule has 2 aromatic heterocycles. The number of fused-ring (bicyclic) bond motifs is 1. The van der Waals surface area contributed by atoms with Crippen LogP contribution in [0, 0.1) is 0 Å². The van der Waals surface area contributed by atoms with Crippen molar-refractivity contribution in [1.29, 1.82) is 0 Å². The Bertz CT molecular complexity index is 1120. The van der Waals surface area contributed by atoms with Gasteiger partial charge >= 0.3 is 0 Å². The summed E-state index contributed by atoms with van der Waals surface area (Å²) < 4.78 is 7.46. The molecular formula is C21H28N7O5+. The molecule has 1 aromatic carbocycles. The fourth-order valence-electron chi connectivity index (χ4n) is 3.95. The fraction of sp³-hybridized carbons (Fsp3) is 0.429. The smallest absolute Gasteiger partial charge is 0.278 e. The van der Waals surface area contributed by atoms with E-state index in [9.17, 15) is 20.1 Å². The molecule has 12 heteroatoms. The van der Waals surface area contributed by atoms with Crippen LogP contribution in [0.2, 0.25) is 0 Å². The van der Waals surface area contributed by atoms with Gasteiger partial charge in [0.15, 0.2) is 29.3 Å². The molecule has 1 fully saturated rings. The number of aliphatic hydroxyl groups is 2. The zero-order chi connectivity index (χ0) is 23.7. The number of quaternary nitrogens is 1. The Morgan fingerprint density at radius 1 is 1.27 bits per heavy atom. The van der Waals surface area contributed by atoms with Crippen LogP contribution >= 0.6 is 0 Å². The van der Waals surface area contributed by atoms with Crippen LogP contribution in [-0.2, 0) is 16.0 Å². The Morgan fingerprint density at radius 2 is 2.00 bits per heavy atom. The second-order valence-corrected chi connectivity index (χ2v) is 8.26. The molecule has 12 nitrogen and oxygen atoms in total. The molecule has 4 rings (SSSR count). The standard InChI is InChI=1S/C21H27N7O5/c1-27(2)18-16-19(24-9-23-18)28(10-25-16)21-17(31)15(14(8-29)33-21)26-20(32)13(22)7-11-3-5-12(30)6-4-11/h3-6,9-10,13-15,17,21,29-31H,7-8,22H2,1-2H3,(H,26,32)/p+1/t13-,14+,15+,17+,21+/m0/s1. The Kier molecular flexibility index (Phi) is 6.42. The molecule has 0 unspecified atom stereocenters. The van der Waals surface area contributed by atoms with E-state index in [4.69, 9.17) is 4.74 Å². The molecule has 0 saturated carbocycles. The number of nitrogens with zero attached hydrogens (tertiary/aromatic N) is 5. The highest BCUT2D eigenvalue weighted by Crippen LogP contribution is 2.32. The molecule has 0 aliphatic carbocycles. The van der Waals surface area contributed by atoms with Crippen LogP contribution in [-0.4, -0.2) is 85.7 Å². The molecule has 1 aliphatic rings. The second kappa shape index (κ2) is 9.27. The topological polar surface area (TPSA) is 174 Å². The van der Waals surface area contributed by atoms with Crippen LogP contribution in [0.3, 0.4) is 0 Å². The number of amides is 1. The third-order valence-corrected chi connectivity index (χ3v) is 5.69. The van der Waals surface area contributed by atoms with Gasteiger partial charge in [-0.2, -0.15) is 0 Å². The van der Waals surface area contributed by atoms with Crippen LogP contribution in [0.15, 0.2) is 36.9 Å². The molecule has 1 saturated heterocycles. The maximum Gasteiger partial charge on any atom is 0.278 e. The summed E-state index contributed by atoms with van der Waals surface area (Å²) in [7, 11) is 3.67.